The molecule has 0 saturated carbocycles. The number of thiophene rings is 1. The summed E-state index contributed by atoms with van der Waals surface area (Å²) in [6.45, 7) is 5.02. The maximum atomic E-state index is 6.18. The third-order valence-electron chi connectivity index (χ3n) is 5.16. The van der Waals surface area contributed by atoms with Crippen molar-refractivity contribution in [2.45, 2.75) is 49.2 Å². The molecule has 0 aliphatic carbocycles. The summed E-state index contributed by atoms with van der Waals surface area (Å²) in [5.74, 6) is 0.768. The van der Waals surface area contributed by atoms with Gasteiger partial charge in [-0.1, -0.05) is 30.4 Å². The van der Waals surface area contributed by atoms with Crippen LogP contribution in [0.25, 0.3) is 21.6 Å². The smallest absolute Gasteiger partial charge is 0.245 e. The lowest BCUT2D eigenvalue weighted by atomic mass is 9.90. The first-order chi connectivity index (χ1) is 12.6. The van der Waals surface area contributed by atoms with E-state index in [1.165, 1.54) is 15.8 Å². The first-order valence-corrected chi connectivity index (χ1v) is 11.6. The Bertz CT molecular complexity index is 1160. The molecule has 4 aromatic heterocycles. The minimum absolute atomic E-state index is 0.134. The van der Waals surface area contributed by atoms with Gasteiger partial charge in [0.25, 0.3) is 0 Å². The number of hydrogen-bond donors (Lipinski definition) is 0. The first kappa shape index (κ1) is 16.8. The van der Waals surface area contributed by atoms with E-state index in [1.807, 2.05) is 16.9 Å². The van der Waals surface area contributed by atoms with Gasteiger partial charge in [0.15, 0.2) is 16.0 Å². The maximum Gasteiger partial charge on any atom is 0.245 e. The molecule has 0 aromatic carbocycles. The largest absolute Gasteiger partial charge is 0.369 e. The van der Waals surface area contributed by atoms with E-state index in [0.29, 0.717) is 6.61 Å². The molecule has 1 aliphatic rings. The van der Waals surface area contributed by atoms with E-state index in [4.69, 9.17) is 4.74 Å². The molecule has 0 bridgehead atoms. The number of rotatable bonds is 3. The second-order valence-electron chi connectivity index (χ2n) is 6.62. The lowest BCUT2D eigenvalue weighted by Crippen LogP contribution is -2.33. The summed E-state index contributed by atoms with van der Waals surface area (Å²) in [6.07, 6.45) is 5.90. The standard InChI is InChI=1S/C16H18N6OS3/c1-5-16(2)6-8-9(7-23-16)26-12-10(8)11-17-19-14(24-3)21(11)13-18-20-15(25-4)22(12)13/h5-7H2,1-4H3/t16-/m1/s1. The average Bonchev–Trinajstić information content (AvgIpc) is 3.34. The van der Waals surface area contributed by atoms with Gasteiger partial charge in [0.05, 0.1) is 17.6 Å². The third-order valence-corrected chi connectivity index (χ3v) is 7.61. The van der Waals surface area contributed by atoms with Crippen molar-refractivity contribution in [3.05, 3.63) is 10.4 Å². The number of thioether (sulfide) groups is 2. The average molecular weight is 407 g/mol. The van der Waals surface area contributed by atoms with Gasteiger partial charge in [-0.25, -0.2) is 8.80 Å². The van der Waals surface area contributed by atoms with E-state index in [2.05, 4.69) is 38.6 Å². The molecule has 0 spiro atoms. The number of ether oxygens (including phenoxy) is 1. The number of nitrogens with zero attached hydrogens (tertiary/aromatic N) is 6. The van der Waals surface area contributed by atoms with Crippen LogP contribution >= 0.6 is 34.9 Å². The molecule has 0 fully saturated rings. The van der Waals surface area contributed by atoms with Gasteiger partial charge in [0.1, 0.15) is 4.83 Å². The summed E-state index contributed by atoms with van der Waals surface area (Å²) in [5.41, 5.74) is 2.08. The van der Waals surface area contributed by atoms with Crippen LogP contribution in [0.2, 0.25) is 0 Å². The van der Waals surface area contributed by atoms with Crippen LogP contribution in [0, 0.1) is 0 Å². The molecule has 0 unspecified atom stereocenters. The zero-order valence-electron chi connectivity index (χ0n) is 14.9. The van der Waals surface area contributed by atoms with Gasteiger partial charge in [0, 0.05) is 11.3 Å². The highest BCUT2D eigenvalue weighted by atomic mass is 32.2. The molecule has 1 atom stereocenters. The Kier molecular flexibility index (Phi) is 3.76. The second kappa shape index (κ2) is 5.82. The minimum Gasteiger partial charge on any atom is -0.369 e. The summed E-state index contributed by atoms with van der Waals surface area (Å²) in [4.78, 5) is 2.41. The van der Waals surface area contributed by atoms with Crippen LogP contribution in [0.1, 0.15) is 30.7 Å². The summed E-state index contributed by atoms with van der Waals surface area (Å²) < 4.78 is 10.4. The molecule has 10 heteroatoms. The van der Waals surface area contributed by atoms with Crippen molar-refractivity contribution < 1.29 is 4.74 Å². The molecule has 5 rings (SSSR count). The fourth-order valence-electron chi connectivity index (χ4n) is 3.54. The Labute approximate surface area is 162 Å². The van der Waals surface area contributed by atoms with Crippen molar-refractivity contribution in [3.63, 3.8) is 0 Å². The molecule has 7 nitrogen and oxygen atoms in total. The molecule has 0 N–H and O–H groups in total. The number of hydrogen-bond acceptors (Lipinski definition) is 8. The molecule has 5 heterocycles. The van der Waals surface area contributed by atoms with Crippen LogP contribution in [-0.4, -0.2) is 47.3 Å². The highest BCUT2D eigenvalue weighted by Crippen LogP contribution is 2.42. The fourth-order valence-corrected chi connectivity index (χ4v) is 5.78. The molecule has 0 amide bonds. The van der Waals surface area contributed by atoms with Gasteiger partial charge >= 0.3 is 0 Å². The van der Waals surface area contributed by atoms with Gasteiger partial charge < -0.3 is 4.74 Å². The molecule has 4 aromatic rings. The predicted octanol–water partition coefficient (Wildman–Crippen LogP) is 3.67. The lowest BCUT2D eigenvalue weighted by molar-refractivity contribution is -0.0542. The normalized spacial score (nSPS) is 20.5. The third kappa shape index (κ3) is 2.12. The van der Waals surface area contributed by atoms with Crippen molar-refractivity contribution in [1.82, 2.24) is 29.2 Å². The van der Waals surface area contributed by atoms with Crippen LogP contribution in [0.3, 0.4) is 0 Å². The Hall–Kier alpha value is -1.36. The van der Waals surface area contributed by atoms with Crippen molar-refractivity contribution in [1.29, 1.82) is 0 Å². The molecule has 0 radical (unpaired) electrons. The Morgan fingerprint density at radius 2 is 1.85 bits per heavy atom. The van der Waals surface area contributed by atoms with E-state index >= 15 is 0 Å². The second-order valence-corrected chi connectivity index (χ2v) is 9.25. The zero-order chi connectivity index (χ0) is 18.1. The fraction of sp³-hybridized carbons (Fsp3) is 0.500. The van der Waals surface area contributed by atoms with Gasteiger partial charge in [-0.2, -0.15) is 0 Å². The summed E-state index contributed by atoms with van der Waals surface area (Å²) >= 11 is 4.93. The van der Waals surface area contributed by atoms with Crippen LogP contribution in [0.15, 0.2) is 10.3 Å². The van der Waals surface area contributed by atoms with Crippen LogP contribution in [0.5, 0.6) is 0 Å². The van der Waals surface area contributed by atoms with Crippen molar-refractivity contribution in [3.8, 4) is 0 Å². The van der Waals surface area contributed by atoms with Crippen molar-refractivity contribution in [2.24, 2.45) is 0 Å². The summed E-state index contributed by atoms with van der Waals surface area (Å²) in [7, 11) is 0. The Balaban J connectivity index is 1.97. The molecular formula is C16H18N6OS3. The van der Waals surface area contributed by atoms with Gasteiger partial charge in [-0.15, -0.1) is 31.7 Å². The van der Waals surface area contributed by atoms with Gasteiger partial charge in [-0.3, -0.25) is 0 Å². The maximum absolute atomic E-state index is 6.18. The monoisotopic (exact) mass is 406 g/mol. The quantitative estimate of drug-likeness (QED) is 0.481. The molecule has 26 heavy (non-hydrogen) atoms. The van der Waals surface area contributed by atoms with E-state index in [-0.39, 0.29) is 5.60 Å². The van der Waals surface area contributed by atoms with Crippen LogP contribution in [0.4, 0.5) is 0 Å². The Morgan fingerprint density at radius 3 is 2.58 bits per heavy atom. The first-order valence-electron chi connectivity index (χ1n) is 8.38. The summed E-state index contributed by atoms with van der Waals surface area (Å²) in [6, 6.07) is 0. The van der Waals surface area contributed by atoms with Gasteiger partial charge in [0.2, 0.25) is 5.78 Å². The summed E-state index contributed by atoms with van der Waals surface area (Å²) in [5, 5.41) is 20.6. The van der Waals surface area contributed by atoms with E-state index in [0.717, 1.165) is 39.4 Å². The van der Waals surface area contributed by atoms with Crippen LogP contribution < -0.4 is 0 Å². The van der Waals surface area contributed by atoms with Crippen molar-refractivity contribution >= 4 is 56.5 Å². The minimum atomic E-state index is -0.134. The SMILES string of the molecule is CC[C@]1(C)Cc2c(sc3c2c2nnc(SC)n2c2nnc(SC)n32)CO1. The lowest BCUT2D eigenvalue weighted by Gasteiger charge is -2.32. The molecular weight excluding hydrogens is 388 g/mol. The highest BCUT2D eigenvalue weighted by molar-refractivity contribution is 7.98. The van der Waals surface area contributed by atoms with E-state index in [1.54, 1.807) is 34.9 Å². The number of fused-ring (bicyclic) bond motifs is 8. The van der Waals surface area contributed by atoms with E-state index in [9.17, 15) is 0 Å². The van der Waals surface area contributed by atoms with E-state index < -0.39 is 0 Å². The Morgan fingerprint density at radius 1 is 1.12 bits per heavy atom. The molecule has 1 aliphatic heterocycles. The topological polar surface area (TPSA) is 69.6 Å². The predicted molar refractivity (Wildman–Crippen MR) is 106 cm³/mol. The van der Waals surface area contributed by atoms with Crippen molar-refractivity contribution in [2.75, 3.05) is 12.5 Å². The number of aromatic nitrogens is 6. The molecule has 136 valence electrons. The molecule has 0 saturated heterocycles. The zero-order valence-corrected chi connectivity index (χ0v) is 17.4. The van der Waals surface area contributed by atoms with Crippen LogP contribution in [-0.2, 0) is 17.8 Å². The highest BCUT2D eigenvalue weighted by Gasteiger charge is 2.34. The van der Waals surface area contributed by atoms with Gasteiger partial charge in [-0.05, 0) is 31.4 Å².